The van der Waals surface area contributed by atoms with Crippen molar-refractivity contribution in [2.24, 2.45) is 4.99 Å². The number of benzene rings is 1. The molecule has 0 aliphatic rings. The zero-order valence-electron chi connectivity index (χ0n) is 12.6. The lowest BCUT2D eigenvalue weighted by Crippen LogP contribution is -2.29. The molecule has 0 radical (unpaired) electrons. The molecule has 1 aromatic heterocycles. The monoisotopic (exact) mass is 339 g/mol. The maximum absolute atomic E-state index is 5.92. The predicted molar refractivity (Wildman–Crippen MR) is 92.7 cm³/mol. The van der Waals surface area contributed by atoms with E-state index in [1.165, 1.54) is 0 Å². The number of guanidine groups is 1. The molecule has 2 rings (SSSR count). The van der Waals surface area contributed by atoms with E-state index in [1.807, 2.05) is 30.3 Å². The number of aliphatic imine (C=N–C) groups is 1. The summed E-state index contributed by atoms with van der Waals surface area (Å²) in [4.78, 5) is 5.34. The number of rotatable bonds is 5. The van der Waals surface area contributed by atoms with Crippen LogP contribution in [-0.2, 0) is 6.54 Å². The third-order valence-electron chi connectivity index (χ3n) is 2.93. The summed E-state index contributed by atoms with van der Waals surface area (Å²) >= 11 is 7.46. The number of hydrogen-bond donors (Lipinski definition) is 2. The van der Waals surface area contributed by atoms with E-state index in [2.05, 4.69) is 15.6 Å². The molecule has 2 N–H and O–H groups in total. The SMILES string of the molecule is CN=C(NCc1ccc(Cl)s1)Nc1ccc(OC)c(OC)c1. The molecule has 0 amide bonds. The fraction of sp³-hybridized carbons (Fsp3) is 0.267. The Morgan fingerprint density at radius 1 is 1.18 bits per heavy atom. The first-order valence-corrected chi connectivity index (χ1v) is 7.79. The highest BCUT2D eigenvalue weighted by molar-refractivity contribution is 7.16. The number of thiophene rings is 1. The molecule has 1 heterocycles. The van der Waals surface area contributed by atoms with Crippen LogP contribution in [0, 0.1) is 0 Å². The van der Waals surface area contributed by atoms with Crippen molar-refractivity contribution in [3.63, 3.8) is 0 Å². The lowest BCUT2D eigenvalue weighted by atomic mass is 10.3. The van der Waals surface area contributed by atoms with Crippen molar-refractivity contribution >= 4 is 34.6 Å². The average molecular weight is 340 g/mol. The van der Waals surface area contributed by atoms with Crippen molar-refractivity contribution in [1.82, 2.24) is 5.32 Å². The van der Waals surface area contributed by atoms with Crippen LogP contribution in [0.3, 0.4) is 0 Å². The van der Waals surface area contributed by atoms with E-state index in [1.54, 1.807) is 32.6 Å². The second kappa shape index (κ2) is 7.91. The van der Waals surface area contributed by atoms with Gasteiger partial charge in [0.15, 0.2) is 17.5 Å². The summed E-state index contributed by atoms with van der Waals surface area (Å²) in [5, 5.41) is 6.44. The van der Waals surface area contributed by atoms with Gasteiger partial charge in [0, 0.05) is 23.7 Å². The average Bonchev–Trinajstić information content (AvgIpc) is 2.96. The number of halogens is 1. The predicted octanol–water partition coefficient (Wildman–Crippen LogP) is 3.61. The van der Waals surface area contributed by atoms with E-state index >= 15 is 0 Å². The van der Waals surface area contributed by atoms with Crippen LogP contribution in [0.25, 0.3) is 0 Å². The first-order chi connectivity index (χ1) is 10.7. The summed E-state index contributed by atoms with van der Waals surface area (Å²) < 4.78 is 11.3. The lowest BCUT2D eigenvalue weighted by Gasteiger charge is -2.13. The molecule has 1 aromatic carbocycles. The van der Waals surface area contributed by atoms with Gasteiger partial charge in [-0.15, -0.1) is 11.3 Å². The van der Waals surface area contributed by atoms with Crippen molar-refractivity contribution < 1.29 is 9.47 Å². The van der Waals surface area contributed by atoms with Gasteiger partial charge in [-0.2, -0.15) is 0 Å². The minimum absolute atomic E-state index is 0.657. The molecule has 0 fully saturated rings. The van der Waals surface area contributed by atoms with Gasteiger partial charge in [-0.3, -0.25) is 4.99 Å². The molecule has 0 aliphatic heterocycles. The van der Waals surface area contributed by atoms with Gasteiger partial charge in [0.25, 0.3) is 0 Å². The number of methoxy groups -OCH3 is 2. The largest absolute Gasteiger partial charge is 0.493 e. The van der Waals surface area contributed by atoms with Crippen LogP contribution in [0.5, 0.6) is 11.5 Å². The number of nitrogens with one attached hydrogen (secondary N) is 2. The minimum atomic E-state index is 0.657. The molecule has 0 spiro atoms. The maximum Gasteiger partial charge on any atom is 0.195 e. The minimum Gasteiger partial charge on any atom is -0.493 e. The van der Waals surface area contributed by atoms with Gasteiger partial charge in [0.05, 0.1) is 25.1 Å². The Balaban J connectivity index is 2.01. The Morgan fingerprint density at radius 3 is 2.55 bits per heavy atom. The molecule has 7 heteroatoms. The molecular weight excluding hydrogens is 322 g/mol. The first kappa shape index (κ1) is 16.5. The molecule has 2 aromatic rings. The standard InChI is InChI=1S/C15H18ClN3O2S/c1-17-15(18-9-11-5-7-14(16)22-11)19-10-4-6-12(20-2)13(8-10)21-3/h4-8H,9H2,1-3H3,(H2,17,18,19). The van der Waals surface area contributed by atoms with E-state index in [0.717, 1.165) is 14.9 Å². The van der Waals surface area contributed by atoms with Crippen molar-refractivity contribution in [3.8, 4) is 11.5 Å². The van der Waals surface area contributed by atoms with Crippen molar-refractivity contribution in [3.05, 3.63) is 39.5 Å². The zero-order chi connectivity index (χ0) is 15.9. The van der Waals surface area contributed by atoms with Gasteiger partial charge >= 0.3 is 0 Å². The fourth-order valence-electron chi connectivity index (χ4n) is 1.85. The van der Waals surface area contributed by atoms with Crippen LogP contribution in [-0.4, -0.2) is 27.2 Å². The summed E-state index contributed by atoms with van der Waals surface area (Å²) in [7, 11) is 4.93. The van der Waals surface area contributed by atoms with Gasteiger partial charge in [0.2, 0.25) is 0 Å². The molecule has 0 saturated heterocycles. The second-order valence-electron chi connectivity index (χ2n) is 4.33. The Hall–Kier alpha value is -1.92. The van der Waals surface area contributed by atoms with E-state index in [-0.39, 0.29) is 0 Å². The van der Waals surface area contributed by atoms with Crippen LogP contribution in [0.1, 0.15) is 4.88 Å². The summed E-state index contributed by atoms with van der Waals surface area (Å²) in [6, 6.07) is 9.47. The van der Waals surface area contributed by atoms with Crippen LogP contribution in [0.15, 0.2) is 35.3 Å². The first-order valence-electron chi connectivity index (χ1n) is 6.60. The van der Waals surface area contributed by atoms with Gasteiger partial charge < -0.3 is 20.1 Å². The number of ether oxygens (including phenoxy) is 2. The van der Waals surface area contributed by atoms with Crippen LogP contribution in [0.2, 0.25) is 4.34 Å². The van der Waals surface area contributed by atoms with Crippen molar-refractivity contribution in [1.29, 1.82) is 0 Å². The Labute approximate surface area is 138 Å². The van der Waals surface area contributed by atoms with Gasteiger partial charge in [-0.1, -0.05) is 11.6 Å². The number of hydrogen-bond acceptors (Lipinski definition) is 4. The Bertz CT molecular complexity index is 658. The topological polar surface area (TPSA) is 54.9 Å². The van der Waals surface area contributed by atoms with Crippen LogP contribution >= 0.6 is 22.9 Å². The maximum atomic E-state index is 5.92. The van der Waals surface area contributed by atoms with Gasteiger partial charge in [0.1, 0.15) is 0 Å². The van der Waals surface area contributed by atoms with Gasteiger partial charge in [-0.05, 0) is 24.3 Å². The van der Waals surface area contributed by atoms with Crippen molar-refractivity contribution in [2.75, 3.05) is 26.6 Å². The molecule has 118 valence electrons. The fourth-order valence-corrected chi connectivity index (χ4v) is 2.87. The van der Waals surface area contributed by atoms with E-state index < -0.39 is 0 Å². The summed E-state index contributed by atoms with van der Waals surface area (Å²) in [6.07, 6.45) is 0. The zero-order valence-corrected chi connectivity index (χ0v) is 14.2. The van der Waals surface area contributed by atoms with Crippen LogP contribution in [0.4, 0.5) is 5.69 Å². The normalized spacial score (nSPS) is 11.2. The third-order valence-corrected chi connectivity index (χ3v) is 4.16. The molecule has 0 aliphatic carbocycles. The summed E-state index contributed by atoms with van der Waals surface area (Å²) in [5.41, 5.74) is 0.856. The van der Waals surface area contributed by atoms with Crippen molar-refractivity contribution in [2.45, 2.75) is 6.54 Å². The summed E-state index contributed by atoms with van der Waals surface area (Å²) in [5.74, 6) is 2.01. The second-order valence-corrected chi connectivity index (χ2v) is 6.13. The molecule has 0 unspecified atom stereocenters. The van der Waals surface area contributed by atoms with E-state index in [0.29, 0.717) is 24.0 Å². The highest BCUT2D eigenvalue weighted by Gasteiger charge is 2.06. The third kappa shape index (κ3) is 4.29. The quantitative estimate of drug-likeness (QED) is 0.645. The molecule has 0 atom stereocenters. The molecule has 0 saturated carbocycles. The molecule has 22 heavy (non-hydrogen) atoms. The van der Waals surface area contributed by atoms with Crippen LogP contribution < -0.4 is 20.1 Å². The highest BCUT2D eigenvalue weighted by atomic mass is 35.5. The number of nitrogens with zero attached hydrogens (tertiary/aromatic N) is 1. The molecule has 5 nitrogen and oxygen atoms in total. The molecular formula is C15H18ClN3O2S. The smallest absolute Gasteiger partial charge is 0.195 e. The highest BCUT2D eigenvalue weighted by Crippen LogP contribution is 2.29. The van der Waals surface area contributed by atoms with E-state index in [9.17, 15) is 0 Å². The Morgan fingerprint density at radius 2 is 1.95 bits per heavy atom. The molecule has 0 bridgehead atoms. The number of anilines is 1. The lowest BCUT2D eigenvalue weighted by molar-refractivity contribution is 0.355. The Kier molecular flexibility index (Phi) is 5.91. The van der Waals surface area contributed by atoms with E-state index in [4.69, 9.17) is 21.1 Å². The van der Waals surface area contributed by atoms with Gasteiger partial charge in [-0.25, -0.2) is 0 Å². The summed E-state index contributed by atoms with van der Waals surface area (Å²) in [6.45, 7) is 0.657.